The van der Waals surface area contributed by atoms with Crippen molar-refractivity contribution in [2.24, 2.45) is 0 Å². The van der Waals surface area contributed by atoms with Gasteiger partial charge in [-0.25, -0.2) is 4.79 Å². The van der Waals surface area contributed by atoms with Crippen molar-refractivity contribution in [3.8, 4) is 5.75 Å². The van der Waals surface area contributed by atoms with Crippen molar-refractivity contribution >= 4 is 45.5 Å². The maximum absolute atomic E-state index is 13.4. The molecule has 7 nitrogen and oxygen atoms in total. The zero-order chi connectivity index (χ0) is 26.4. The number of rotatable bonds is 8. The number of benzene rings is 3. The summed E-state index contributed by atoms with van der Waals surface area (Å²) in [5.41, 5.74) is 3.28. The average molecular weight is 561 g/mol. The summed E-state index contributed by atoms with van der Waals surface area (Å²) in [6.07, 6.45) is 1.65. The van der Waals surface area contributed by atoms with E-state index in [0.29, 0.717) is 29.2 Å². The van der Waals surface area contributed by atoms with Crippen molar-refractivity contribution in [1.82, 2.24) is 5.32 Å². The number of carbonyl (C=O) groups is 3. The number of amides is 2. The number of allylic oxidation sites excluding steroid dienone is 1. The zero-order valence-electron chi connectivity index (χ0n) is 20.4. The Kier molecular flexibility index (Phi) is 8.20. The van der Waals surface area contributed by atoms with E-state index in [0.717, 1.165) is 10.0 Å². The number of carbonyl (C=O) groups excluding carboxylic acids is 3. The second-order valence-electron chi connectivity index (χ2n) is 8.25. The predicted octanol–water partition coefficient (Wildman–Crippen LogP) is 5.02. The second kappa shape index (κ2) is 11.7. The minimum absolute atomic E-state index is 0.123. The molecule has 1 N–H and O–H groups in total. The molecular formula is C29H25BrN2O5. The van der Waals surface area contributed by atoms with Crippen LogP contribution in [0.5, 0.6) is 5.75 Å². The van der Waals surface area contributed by atoms with Gasteiger partial charge >= 0.3 is 5.97 Å². The van der Waals surface area contributed by atoms with Crippen LogP contribution < -0.4 is 15.0 Å². The number of esters is 1. The maximum Gasteiger partial charge on any atom is 0.340 e. The lowest BCUT2D eigenvalue weighted by molar-refractivity contribution is -0.136. The van der Waals surface area contributed by atoms with Gasteiger partial charge in [0.1, 0.15) is 5.75 Å². The summed E-state index contributed by atoms with van der Waals surface area (Å²) in [7, 11) is 1.29. The highest BCUT2D eigenvalue weighted by atomic mass is 79.9. The largest absolute Gasteiger partial charge is 0.484 e. The molecular weight excluding hydrogens is 536 g/mol. The summed E-state index contributed by atoms with van der Waals surface area (Å²) < 4.78 is 11.4. The molecule has 3 aromatic rings. The van der Waals surface area contributed by atoms with Gasteiger partial charge in [0, 0.05) is 22.4 Å². The number of anilines is 1. The van der Waals surface area contributed by atoms with Gasteiger partial charge in [-0.05, 0) is 60.5 Å². The summed E-state index contributed by atoms with van der Waals surface area (Å²) in [6, 6.07) is 23.8. The number of hydrogen-bond acceptors (Lipinski definition) is 5. The molecule has 1 aliphatic heterocycles. The lowest BCUT2D eigenvalue weighted by Crippen LogP contribution is -2.28. The average Bonchev–Trinajstić information content (AvgIpc) is 3.16. The van der Waals surface area contributed by atoms with Gasteiger partial charge in [-0.15, -0.1) is 0 Å². The second-order valence-corrected chi connectivity index (χ2v) is 9.16. The Labute approximate surface area is 223 Å². The smallest absolute Gasteiger partial charge is 0.340 e. The van der Waals surface area contributed by atoms with Gasteiger partial charge in [0.2, 0.25) is 0 Å². The monoisotopic (exact) mass is 560 g/mol. The maximum atomic E-state index is 13.4. The number of methoxy groups -OCH3 is 1. The molecule has 8 heteroatoms. The van der Waals surface area contributed by atoms with E-state index in [2.05, 4.69) is 21.2 Å². The predicted molar refractivity (Wildman–Crippen MR) is 145 cm³/mol. The van der Waals surface area contributed by atoms with Crippen LogP contribution in [-0.2, 0) is 25.7 Å². The Hall–Kier alpha value is -4.17. The fraction of sp³-hybridized carbons (Fsp3) is 0.138. The molecule has 0 aliphatic carbocycles. The number of hydrogen-bond donors (Lipinski definition) is 1. The van der Waals surface area contributed by atoms with E-state index in [1.54, 1.807) is 49.4 Å². The van der Waals surface area contributed by atoms with Gasteiger partial charge in [0.25, 0.3) is 11.8 Å². The molecule has 0 atom stereocenters. The highest BCUT2D eigenvalue weighted by molar-refractivity contribution is 9.10. The molecule has 1 heterocycles. The number of nitrogens with one attached hydrogen (secondary N) is 1. The Bertz CT molecular complexity index is 1360. The molecule has 2 amide bonds. The quantitative estimate of drug-likeness (QED) is 0.309. The third-order valence-corrected chi connectivity index (χ3v) is 6.30. The van der Waals surface area contributed by atoms with Crippen LogP contribution in [0.15, 0.2) is 100 Å². The van der Waals surface area contributed by atoms with E-state index in [1.807, 2.05) is 42.5 Å². The summed E-state index contributed by atoms with van der Waals surface area (Å²) in [6.45, 7) is 2.02. The summed E-state index contributed by atoms with van der Waals surface area (Å²) in [5.74, 6) is -0.636. The first kappa shape index (κ1) is 25.9. The zero-order valence-corrected chi connectivity index (χ0v) is 21.9. The standard InChI is InChI=1S/C29H25BrN2O5/c1-19-27(29(35)36-2)25(28(34)32(19)23-12-10-22(30)11-13-23)16-20-8-14-24(15-9-20)37-18-26(33)31-17-21-6-4-3-5-7-21/h3-16H,17-18H2,1-2H3,(H,31,33)/b25-16-. The molecule has 37 heavy (non-hydrogen) atoms. The van der Waals surface area contributed by atoms with Crippen molar-refractivity contribution in [3.05, 3.63) is 111 Å². The normalized spacial score (nSPS) is 14.2. The Balaban J connectivity index is 1.46. The van der Waals surface area contributed by atoms with Crippen molar-refractivity contribution in [3.63, 3.8) is 0 Å². The highest BCUT2D eigenvalue weighted by Crippen LogP contribution is 2.36. The summed E-state index contributed by atoms with van der Waals surface area (Å²) in [5, 5.41) is 2.81. The van der Waals surface area contributed by atoms with Crippen LogP contribution in [0.1, 0.15) is 18.1 Å². The van der Waals surface area contributed by atoms with Gasteiger partial charge in [0.15, 0.2) is 6.61 Å². The molecule has 0 saturated heterocycles. The van der Waals surface area contributed by atoms with Gasteiger partial charge in [-0.3, -0.25) is 14.5 Å². The van der Waals surface area contributed by atoms with Gasteiger partial charge in [-0.1, -0.05) is 58.4 Å². The Morgan fingerprint density at radius 2 is 1.65 bits per heavy atom. The van der Waals surface area contributed by atoms with Crippen LogP contribution in [0, 0.1) is 0 Å². The first-order valence-electron chi connectivity index (χ1n) is 11.5. The van der Waals surface area contributed by atoms with Gasteiger partial charge in [-0.2, -0.15) is 0 Å². The molecule has 1 aliphatic rings. The van der Waals surface area contributed by atoms with Crippen molar-refractivity contribution in [2.75, 3.05) is 18.6 Å². The van der Waals surface area contributed by atoms with Crippen LogP contribution in [0.4, 0.5) is 5.69 Å². The number of nitrogens with zero attached hydrogens (tertiary/aromatic N) is 1. The molecule has 0 fully saturated rings. The number of halogens is 1. The van der Waals surface area contributed by atoms with Crippen LogP contribution in [0.2, 0.25) is 0 Å². The van der Waals surface area contributed by atoms with Crippen molar-refractivity contribution < 1.29 is 23.9 Å². The molecule has 0 saturated carbocycles. The third-order valence-electron chi connectivity index (χ3n) is 5.77. The lowest BCUT2D eigenvalue weighted by Gasteiger charge is -2.18. The molecule has 4 rings (SSSR count). The Morgan fingerprint density at radius 3 is 2.30 bits per heavy atom. The first-order valence-corrected chi connectivity index (χ1v) is 12.3. The third kappa shape index (κ3) is 6.16. The van der Waals surface area contributed by atoms with E-state index in [1.165, 1.54) is 12.0 Å². The lowest BCUT2D eigenvalue weighted by atomic mass is 10.0. The van der Waals surface area contributed by atoms with Gasteiger partial charge < -0.3 is 14.8 Å². The first-order chi connectivity index (χ1) is 17.9. The molecule has 0 radical (unpaired) electrons. The fourth-order valence-electron chi connectivity index (χ4n) is 3.90. The van der Waals surface area contributed by atoms with Crippen LogP contribution in [-0.4, -0.2) is 31.5 Å². The minimum atomic E-state index is -0.585. The van der Waals surface area contributed by atoms with Crippen LogP contribution >= 0.6 is 15.9 Å². The summed E-state index contributed by atoms with van der Waals surface area (Å²) >= 11 is 3.40. The molecule has 188 valence electrons. The van der Waals surface area contributed by atoms with E-state index >= 15 is 0 Å². The molecule has 0 aromatic heterocycles. The highest BCUT2D eigenvalue weighted by Gasteiger charge is 2.37. The van der Waals surface area contributed by atoms with Crippen molar-refractivity contribution in [1.29, 1.82) is 0 Å². The fourth-order valence-corrected chi connectivity index (χ4v) is 4.17. The van der Waals surface area contributed by atoms with E-state index in [-0.39, 0.29) is 29.6 Å². The van der Waals surface area contributed by atoms with E-state index in [9.17, 15) is 14.4 Å². The molecule has 0 unspecified atom stereocenters. The SMILES string of the molecule is COC(=O)C1=C(C)N(c2ccc(Br)cc2)C(=O)/C1=C\c1ccc(OCC(=O)NCc2ccccc2)cc1. The van der Waals surface area contributed by atoms with E-state index < -0.39 is 5.97 Å². The molecule has 0 bridgehead atoms. The topological polar surface area (TPSA) is 84.9 Å². The van der Waals surface area contributed by atoms with Crippen LogP contribution in [0.3, 0.4) is 0 Å². The van der Waals surface area contributed by atoms with Crippen LogP contribution in [0.25, 0.3) is 6.08 Å². The molecule has 3 aromatic carbocycles. The number of ether oxygens (including phenoxy) is 2. The Morgan fingerprint density at radius 1 is 0.973 bits per heavy atom. The minimum Gasteiger partial charge on any atom is -0.484 e. The van der Waals surface area contributed by atoms with Crippen molar-refractivity contribution in [2.45, 2.75) is 13.5 Å². The van der Waals surface area contributed by atoms with Gasteiger partial charge in [0.05, 0.1) is 18.3 Å². The summed E-state index contributed by atoms with van der Waals surface area (Å²) in [4.78, 5) is 39.6. The molecule has 0 spiro atoms. The van der Waals surface area contributed by atoms with E-state index in [4.69, 9.17) is 9.47 Å².